The molecular weight excluding hydrogens is 406 g/mol. The van der Waals surface area contributed by atoms with E-state index >= 15 is 0 Å². The lowest BCUT2D eigenvalue weighted by Gasteiger charge is -2.10. The molecule has 0 saturated carbocycles. The highest BCUT2D eigenvalue weighted by Crippen LogP contribution is 2.29. The van der Waals surface area contributed by atoms with Gasteiger partial charge in [-0.15, -0.1) is 0 Å². The molecule has 0 spiro atoms. The van der Waals surface area contributed by atoms with Gasteiger partial charge in [-0.05, 0) is 42.5 Å². The van der Waals surface area contributed by atoms with Gasteiger partial charge in [0.2, 0.25) is 5.91 Å². The molecule has 1 aromatic heterocycles. The Morgan fingerprint density at radius 3 is 2.61 bits per heavy atom. The van der Waals surface area contributed by atoms with Crippen LogP contribution in [0.4, 0.5) is 4.39 Å². The monoisotopic (exact) mass is 418 g/mol. The van der Waals surface area contributed by atoms with Crippen molar-refractivity contribution in [2.75, 3.05) is 13.2 Å². The number of nitrogens with zero attached hydrogens (tertiary/aromatic N) is 3. The van der Waals surface area contributed by atoms with Crippen molar-refractivity contribution in [1.82, 2.24) is 20.0 Å². The van der Waals surface area contributed by atoms with E-state index in [1.165, 1.54) is 27.8 Å². The van der Waals surface area contributed by atoms with E-state index in [9.17, 15) is 14.0 Å². The van der Waals surface area contributed by atoms with Crippen LogP contribution in [-0.4, -0.2) is 39.7 Å². The van der Waals surface area contributed by atoms with E-state index in [4.69, 9.17) is 23.2 Å². The molecule has 142 valence electrons. The van der Waals surface area contributed by atoms with Crippen LogP contribution < -0.4 is 5.32 Å². The molecule has 1 N–H and O–H groups in total. The van der Waals surface area contributed by atoms with E-state index in [1.54, 1.807) is 30.3 Å². The minimum Gasteiger partial charge on any atom is -0.337 e. The second-order valence-electron chi connectivity index (χ2n) is 6.23. The van der Waals surface area contributed by atoms with E-state index in [0.29, 0.717) is 22.0 Å². The highest BCUT2D eigenvalue weighted by atomic mass is 35.5. The molecule has 2 heterocycles. The molecule has 0 radical (unpaired) electrons. The number of hydrogen-bond acceptors (Lipinski definition) is 3. The summed E-state index contributed by atoms with van der Waals surface area (Å²) in [6.45, 7) is 0.0762. The van der Waals surface area contributed by atoms with Gasteiger partial charge in [0.05, 0.1) is 18.1 Å². The van der Waals surface area contributed by atoms with Crippen molar-refractivity contribution in [3.63, 3.8) is 0 Å². The third kappa shape index (κ3) is 3.58. The Kier molecular flexibility index (Phi) is 4.78. The lowest BCUT2D eigenvalue weighted by Crippen LogP contribution is -2.30. The average Bonchev–Trinajstić information content (AvgIpc) is 3.27. The topological polar surface area (TPSA) is 67.2 Å². The van der Waals surface area contributed by atoms with E-state index in [0.717, 1.165) is 0 Å². The van der Waals surface area contributed by atoms with E-state index in [1.807, 2.05) is 0 Å². The summed E-state index contributed by atoms with van der Waals surface area (Å²) in [4.78, 5) is 25.5. The van der Waals surface area contributed by atoms with Crippen molar-refractivity contribution in [3.05, 3.63) is 70.1 Å². The highest BCUT2D eigenvalue weighted by Gasteiger charge is 2.27. The number of benzene rings is 2. The summed E-state index contributed by atoms with van der Waals surface area (Å²) in [5.74, 6) is -1.16. The predicted molar refractivity (Wildman–Crippen MR) is 103 cm³/mol. The third-order valence-electron chi connectivity index (χ3n) is 4.23. The first-order valence-corrected chi connectivity index (χ1v) is 9.05. The first-order valence-electron chi connectivity index (χ1n) is 8.29. The number of rotatable bonds is 3. The van der Waals surface area contributed by atoms with Gasteiger partial charge in [0, 0.05) is 15.6 Å². The Hall–Kier alpha value is -2.90. The normalized spacial score (nSPS) is 13.7. The SMILES string of the molecule is O=C1CN(C(=O)c2cc(-c3cc(F)cc(Cl)c3)n(-c3cccc(Cl)c3)n2)CN1. The van der Waals surface area contributed by atoms with Gasteiger partial charge in [-0.25, -0.2) is 9.07 Å². The van der Waals surface area contributed by atoms with Crippen LogP contribution in [0.3, 0.4) is 0 Å². The van der Waals surface area contributed by atoms with Crippen molar-refractivity contribution >= 4 is 35.0 Å². The lowest BCUT2D eigenvalue weighted by molar-refractivity contribution is -0.118. The van der Waals surface area contributed by atoms with Crippen LogP contribution in [0.5, 0.6) is 0 Å². The Labute approximate surface area is 169 Å². The quantitative estimate of drug-likeness (QED) is 0.707. The predicted octanol–water partition coefficient (Wildman–Crippen LogP) is 3.51. The molecule has 1 saturated heterocycles. The average molecular weight is 419 g/mol. The molecule has 28 heavy (non-hydrogen) atoms. The van der Waals surface area contributed by atoms with Crippen LogP contribution in [0, 0.1) is 5.82 Å². The van der Waals surface area contributed by atoms with Crippen molar-refractivity contribution < 1.29 is 14.0 Å². The minimum absolute atomic E-state index is 0.0377. The molecule has 0 bridgehead atoms. The van der Waals surface area contributed by atoms with Crippen LogP contribution in [0.2, 0.25) is 10.0 Å². The standard InChI is InChI=1S/C19H13Cl2FN4O2/c20-12-2-1-3-15(7-12)26-17(11-4-13(21)6-14(22)5-11)8-16(24-26)19(28)25-9-18(27)23-10-25/h1-8H,9-10H2,(H,23,27). The number of aromatic nitrogens is 2. The van der Waals surface area contributed by atoms with Crippen molar-refractivity contribution in [3.8, 4) is 16.9 Å². The molecule has 9 heteroatoms. The summed E-state index contributed by atoms with van der Waals surface area (Å²) in [6, 6.07) is 12.5. The molecule has 3 aromatic rings. The molecule has 2 amide bonds. The number of halogens is 3. The Morgan fingerprint density at radius 1 is 1.11 bits per heavy atom. The van der Waals surface area contributed by atoms with Gasteiger partial charge in [-0.1, -0.05) is 29.3 Å². The van der Waals surface area contributed by atoms with Crippen LogP contribution in [0.15, 0.2) is 48.5 Å². The number of hydrogen-bond donors (Lipinski definition) is 1. The Balaban J connectivity index is 1.84. The van der Waals surface area contributed by atoms with Crippen LogP contribution >= 0.6 is 23.2 Å². The van der Waals surface area contributed by atoms with Crippen LogP contribution in [-0.2, 0) is 4.79 Å². The first kappa shape index (κ1) is 18.5. The van der Waals surface area contributed by atoms with Gasteiger partial charge >= 0.3 is 0 Å². The maximum absolute atomic E-state index is 13.9. The zero-order valence-corrected chi connectivity index (χ0v) is 15.8. The van der Waals surface area contributed by atoms with Crippen LogP contribution in [0.1, 0.15) is 10.5 Å². The van der Waals surface area contributed by atoms with E-state index in [-0.39, 0.29) is 29.8 Å². The number of nitrogens with one attached hydrogen (secondary N) is 1. The van der Waals surface area contributed by atoms with Crippen molar-refractivity contribution in [1.29, 1.82) is 0 Å². The molecule has 2 aromatic carbocycles. The largest absolute Gasteiger partial charge is 0.337 e. The molecule has 1 aliphatic heterocycles. The molecule has 6 nitrogen and oxygen atoms in total. The van der Waals surface area contributed by atoms with E-state index in [2.05, 4.69) is 10.4 Å². The lowest BCUT2D eigenvalue weighted by atomic mass is 10.1. The van der Waals surface area contributed by atoms with Gasteiger partial charge in [-0.2, -0.15) is 5.10 Å². The fraction of sp³-hybridized carbons (Fsp3) is 0.105. The number of amides is 2. The molecule has 1 fully saturated rings. The summed E-state index contributed by atoms with van der Waals surface area (Å²) in [5.41, 5.74) is 1.63. The minimum atomic E-state index is -0.511. The molecule has 0 aliphatic carbocycles. The second kappa shape index (κ2) is 7.26. The smallest absolute Gasteiger partial charge is 0.276 e. The van der Waals surface area contributed by atoms with Gasteiger partial charge in [0.25, 0.3) is 5.91 Å². The number of carbonyl (C=O) groups is 2. The summed E-state index contributed by atoms with van der Waals surface area (Å²) in [7, 11) is 0. The Bertz CT molecular complexity index is 1080. The summed E-state index contributed by atoms with van der Waals surface area (Å²) in [5, 5.41) is 7.67. The van der Waals surface area contributed by atoms with Crippen molar-refractivity contribution in [2.24, 2.45) is 0 Å². The Morgan fingerprint density at radius 2 is 1.93 bits per heavy atom. The summed E-state index contributed by atoms with van der Waals surface area (Å²) >= 11 is 12.1. The molecular formula is C19H13Cl2FN4O2. The molecule has 4 rings (SSSR count). The van der Waals surface area contributed by atoms with Gasteiger partial charge < -0.3 is 10.2 Å². The molecule has 0 unspecified atom stereocenters. The summed E-state index contributed by atoms with van der Waals surface area (Å²) < 4.78 is 15.4. The maximum atomic E-state index is 13.9. The zero-order valence-electron chi connectivity index (χ0n) is 14.3. The molecule has 0 atom stereocenters. The van der Waals surface area contributed by atoms with Gasteiger partial charge in [0.1, 0.15) is 12.4 Å². The van der Waals surface area contributed by atoms with Gasteiger partial charge in [0.15, 0.2) is 5.69 Å². The second-order valence-corrected chi connectivity index (χ2v) is 7.10. The number of carbonyl (C=O) groups excluding carboxylic acids is 2. The first-order chi connectivity index (χ1) is 13.4. The maximum Gasteiger partial charge on any atom is 0.276 e. The summed E-state index contributed by atoms with van der Waals surface area (Å²) in [6.07, 6.45) is 0. The fourth-order valence-electron chi connectivity index (χ4n) is 2.97. The highest BCUT2D eigenvalue weighted by molar-refractivity contribution is 6.31. The van der Waals surface area contributed by atoms with Gasteiger partial charge in [-0.3, -0.25) is 9.59 Å². The van der Waals surface area contributed by atoms with Crippen LogP contribution in [0.25, 0.3) is 16.9 Å². The van der Waals surface area contributed by atoms with Crippen molar-refractivity contribution in [2.45, 2.75) is 0 Å². The fourth-order valence-corrected chi connectivity index (χ4v) is 3.38. The van der Waals surface area contributed by atoms with E-state index < -0.39 is 11.7 Å². The molecule has 1 aliphatic rings. The third-order valence-corrected chi connectivity index (χ3v) is 4.68. The zero-order chi connectivity index (χ0) is 19.8.